The average molecular weight is 1000 g/mol. The predicted molar refractivity (Wildman–Crippen MR) is 282 cm³/mol. The lowest BCUT2D eigenvalue weighted by molar-refractivity contribution is -0.116. The molecule has 0 bridgehead atoms. The standard InChI is InChI=1S/2C18H30O4.C16H26O4.C6H12.CH4/c2*1-4-5-6-7-8-9-14-17(2,22-14)16-15(20-3)13(19)10-11-18(16)12-21-18;1-10(2)5-6-12-15(3,20-12)14-13(18-4)11(17)7-8-16(14)9-19-16;1-3-5-6-4-2;/h2*7-8,13-16,19H,4-6,9-12H2,1-3H3;5,11-14,17H,6-9H2,1-4H3;3H,1,4-6H2,2H3;1H4/b2*8-7+;;;/t2*13-,14-,15-,16-,17+,18+;11-,12-,13-,14-,15+,16+;;/m111../s1. The van der Waals surface area contributed by atoms with Crippen LogP contribution in [0.25, 0.3) is 0 Å². The Labute approximate surface area is 431 Å². The highest BCUT2D eigenvalue weighted by Gasteiger charge is 2.74. The number of aliphatic hydroxyl groups excluding tert-OH is 3. The van der Waals surface area contributed by atoms with Crippen LogP contribution in [-0.4, -0.2) is 145 Å². The second kappa shape index (κ2) is 26.0. The molecule has 410 valence electrons. The number of aliphatic hydroxyl groups is 3. The Morgan fingerprint density at radius 3 is 1.10 bits per heavy atom. The summed E-state index contributed by atoms with van der Waals surface area (Å²) in [5.41, 5.74) is 0.275. The lowest BCUT2D eigenvalue weighted by Gasteiger charge is -2.41. The van der Waals surface area contributed by atoms with E-state index in [1.54, 1.807) is 21.3 Å². The molecule has 12 nitrogen and oxygen atoms in total. The predicted octanol–water partition coefficient (Wildman–Crippen LogP) is 10.7. The van der Waals surface area contributed by atoms with E-state index in [-0.39, 0.29) is 95.4 Å². The fourth-order valence-corrected chi connectivity index (χ4v) is 12.9. The third-order valence-corrected chi connectivity index (χ3v) is 17.5. The number of hydrogen-bond acceptors (Lipinski definition) is 12. The van der Waals surface area contributed by atoms with Crippen molar-refractivity contribution in [2.24, 2.45) is 17.8 Å². The van der Waals surface area contributed by atoms with Gasteiger partial charge in [0.25, 0.3) is 0 Å². The number of epoxide rings is 6. The minimum Gasteiger partial charge on any atom is -0.390 e. The van der Waals surface area contributed by atoms with Gasteiger partial charge in [-0.3, -0.25) is 0 Å². The summed E-state index contributed by atoms with van der Waals surface area (Å²) in [5, 5.41) is 30.8. The van der Waals surface area contributed by atoms with Crippen LogP contribution in [0.2, 0.25) is 0 Å². The first-order chi connectivity index (χ1) is 33.5. The molecular formula is C59H102O12. The van der Waals surface area contributed by atoms with Crippen LogP contribution in [0.5, 0.6) is 0 Å². The molecule has 6 saturated heterocycles. The van der Waals surface area contributed by atoms with Crippen LogP contribution in [0, 0.1) is 17.8 Å². The van der Waals surface area contributed by atoms with Crippen LogP contribution in [0.3, 0.4) is 0 Å². The van der Waals surface area contributed by atoms with Gasteiger partial charge in [-0.2, -0.15) is 0 Å². The molecule has 71 heavy (non-hydrogen) atoms. The van der Waals surface area contributed by atoms with Crippen LogP contribution in [0.1, 0.15) is 178 Å². The van der Waals surface area contributed by atoms with Crippen molar-refractivity contribution in [3.8, 4) is 0 Å². The maximum absolute atomic E-state index is 10.3. The summed E-state index contributed by atoms with van der Waals surface area (Å²) in [7, 11) is 5.06. The van der Waals surface area contributed by atoms with E-state index in [9.17, 15) is 15.3 Å². The number of unbranched alkanes of at least 4 members (excludes halogenated alkanes) is 6. The van der Waals surface area contributed by atoms with E-state index in [0.29, 0.717) is 0 Å². The zero-order chi connectivity index (χ0) is 51.0. The second-order valence-corrected chi connectivity index (χ2v) is 22.9. The van der Waals surface area contributed by atoms with E-state index in [1.807, 2.05) is 6.08 Å². The van der Waals surface area contributed by atoms with Crippen molar-refractivity contribution in [1.29, 1.82) is 0 Å². The molecule has 0 aromatic heterocycles. The lowest BCUT2D eigenvalue weighted by atomic mass is 9.68. The van der Waals surface area contributed by atoms with Crippen molar-refractivity contribution in [1.82, 2.24) is 0 Å². The number of hydrogen-bond donors (Lipinski definition) is 3. The van der Waals surface area contributed by atoms with Gasteiger partial charge in [0.15, 0.2) is 0 Å². The molecule has 6 heterocycles. The molecule has 0 aromatic carbocycles. The fraction of sp³-hybridized carbons (Fsp3) is 0.864. The zero-order valence-electron chi connectivity index (χ0n) is 45.5. The normalized spacial score (nSPS) is 44.1. The Bertz CT molecular complexity index is 1640. The van der Waals surface area contributed by atoms with Crippen LogP contribution in [-0.2, 0) is 42.6 Å². The lowest BCUT2D eigenvalue weighted by Crippen LogP contribution is -2.54. The van der Waals surface area contributed by atoms with Gasteiger partial charge in [-0.15, -0.1) is 6.58 Å². The van der Waals surface area contributed by atoms with Crippen molar-refractivity contribution < 1.29 is 58.0 Å². The number of allylic oxidation sites excluding steroid dienone is 4. The number of ether oxygens (including phenoxy) is 9. The first kappa shape index (κ1) is 60.3. The van der Waals surface area contributed by atoms with Crippen LogP contribution < -0.4 is 0 Å². The zero-order valence-corrected chi connectivity index (χ0v) is 45.5. The molecule has 0 radical (unpaired) electrons. The molecular weight excluding hydrogens is 901 g/mol. The summed E-state index contributed by atoms with van der Waals surface area (Å²) >= 11 is 0. The molecule has 9 rings (SSSR count). The Balaban J connectivity index is 0.000000186. The molecule has 6 aliphatic heterocycles. The van der Waals surface area contributed by atoms with Gasteiger partial charge in [0.1, 0.15) is 16.8 Å². The summed E-state index contributed by atoms with van der Waals surface area (Å²) in [6.45, 7) is 23.2. The van der Waals surface area contributed by atoms with Gasteiger partial charge in [-0.25, -0.2) is 0 Å². The molecule has 18 atom stereocenters. The van der Waals surface area contributed by atoms with Gasteiger partial charge in [-0.1, -0.05) is 109 Å². The highest BCUT2D eigenvalue weighted by molar-refractivity contribution is 5.23. The van der Waals surface area contributed by atoms with Gasteiger partial charge < -0.3 is 58.0 Å². The summed E-state index contributed by atoms with van der Waals surface area (Å²) in [6.07, 6.45) is 30.9. The maximum Gasteiger partial charge on any atom is 0.101 e. The minimum absolute atomic E-state index is 0. The Morgan fingerprint density at radius 2 is 0.845 bits per heavy atom. The number of methoxy groups -OCH3 is 3. The fourth-order valence-electron chi connectivity index (χ4n) is 12.9. The van der Waals surface area contributed by atoms with Crippen molar-refractivity contribution in [2.45, 2.75) is 267 Å². The van der Waals surface area contributed by atoms with Gasteiger partial charge in [0, 0.05) is 21.3 Å². The third-order valence-electron chi connectivity index (χ3n) is 17.5. The summed E-state index contributed by atoms with van der Waals surface area (Å²) in [4.78, 5) is 0. The summed E-state index contributed by atoms with van der Waals surface area (Å²) in [6, 6.07) is 0. The molecule has 3 N–H and O–H groups in total. The molecule has 9 aliphatic rings. The first-order valence-corrected chi connectivity index (χ1v) is 27.6. The van der Waals surface area contributed by atoms with Crippen molar-refractivity contribution in [3.63, 3.8) is 0 Å². The van der Waals surface area contributed by atoms with Crippen molar-refractivity contribution >= 4 is 0 Å². The van der Waals surface area contributed by atoms with Crippen LogP contribution in [0.15, 0.2) is 48.6 Å². The van der Waals surface area contributed by atoms with E-state index in [2.05, 4.69) is 92.3 Å². The van der Waals surface area contributed by atoms with Gasteiger partial charge in [-0.05, 0) is 112 Å². The van der Waals surface area contributed by atoms with Gasteiger partial charge >= 0.3 is 0 Å². The Hall–Kier alpha value is -1.52. The number of rotatable bonds is 21. The smallest absolute Gasteiger partial charge is 0.101 e. The van der Waals surface area contributed by atoms with Gasteiger partial charge in [0.2, 0.25) is 0 Å². The molecule has 3 aliphatic carbocycles. The van der Waals surface area contributed by atoms with Crippen molar-refractivity contribution in [2.75, 3.05) is 41.2 Å². The molecule has 9 fully saturated rings. The van der Waals surface area contributed by atoms with E-state index < -0.39 is 18.3 Å². The third kappa shape index (κ3) is 14.1. The minimum atomic E-state index is -0.412. The van der Waals surface area contributed by atoms with E-state index >= 15 is 0 Å². The molecule has 3 saturated carbocycles. The molecule has 0 unspecified atom stereocenters. The molecule has 3 spiro atoms. The van der Waals surface area contributed by atoms with Crippen LogP contribution in [0.4, 0.5) is 0 Å². The highest BCUT2D eigenvalue weighted by atomic mass is 16.6. The second-order valence-electron chi connectivity index (χ2n) is 22.9. The quantitative estimate of drug-likeness (QED) is 0.0567. The van der Waals surface area contributed by atoms with Crippen molar-refractivity contribution in [3.05, 3.63) is 48.6 Å². The average Bonchev–Trinajstić information content (AvgIpc) is 4.04. The monoisotopic (exact) mass is 1000 g/mol. The van der Waals surface area contributed by atoms with E-state index in [0.717, 1.165) is 90.4 Å². The topological polar surface area (TPSA) is 164 Å². The molecule has 0 amide bonds. The first-order valence-electron chi connectivity index (χ1n) is 27.6. The van der Waals surface area contributed by atoms with Gasteiger partial charge in [0.05, 0.1) is 109 Å². The molecule has 0 aromatic rings. The SMILES string of the molecule is C.C=CCCCC.CCCC/C=C/C[C@H]1O[C@]1(C)[C@H]1[C@H](OC)[C@H](O)CC[C@]12CO2.CCCC/C=C/C[C@H]1O[C@]1(C)[C@H]1[C@H](OC)[C@H](O)CC[C@]12CO2.CO[C@@H]1[C@H](O)CC[C@]2(CO2)[C@H]1[C@@]1(C)O[C@@H]1CC=C(C)C. The van der Waals surface area contributed by atoms with E-state index in [4.69, 9.17) is 42.6 Å². The molecule has 12 heteroatoms. The maximum atomic E-state index is 10.3. The Morgan fingerprint density at radius 1 is 0.535 bits per heavy atom. The van der Waals surface area contributed by atoms with Crippen LogP contribution >= 0.6 is 0 Å². The summed E-state index contributed by atoms with van der Waals surface area (Å²) in [5.74, 6) is 0.380. The van der Waals surface area contributed by atoms with E-state index in [1.165, 1.54) is 50.5 Å². The Kier molecular flexibility index (Phi) is 22.1. The highest BCUT2D eigenvalue weighted by Crippen LogP contribution is 2.62. The largest absolute Gasteiger partial charge is 0.390 e. The summed E-state index contributed by atoms with van der Waals surface area (Å²) < 4.78 is 52.5.